The maximum Gasteiger partial charge on any atom is 0.229 e. The van der Waals surface area contributed by atoms with Crippen LogP contribution in [0.3, 0.4) is 0 Å². The van der Waals surface area contributed by atoms with Crippen molar-refractivity contribution in [2.45, 2.75) is 6.54 Å². The van der Waals surface area contributed by atoms with Gasteiger partial charge in [0, 0.05) is 19.6 Å². The van der Waals surface area contributed by atoms with Crippen molar-refractivity contribution in [1.29, 1.82) is 0 Å². The minimum absolute atomic E-state index is 0.364. The van der Waals surface area contributed by atoms with E-state index >= 15 is 0 Å². The fourth-order valence-electron chi connectivity index (χ4n) is 2.32. The monoisotopic (exact) mass is 259 g/mol. The van der Waals surface area contributed by atoms with Gasteiger partial charge in [-0.15, -0.1) is 0 Å². The van der Waals surface area contributed by atoms with Crippen molar-refractivity contribution in [2.75, 3.05) is 32.0 Å². The number of nitrogens with two attached hydrogens (primary N) is 1. The first kappa shape index (κ1) is 12.2. The SMILES string of the molecule is Nc1oncc1-c1cccc(CN2CCOCC2)c1. The Morgan fingerprint density at radius 2 is 2.11 bits per heavy atom. The lowest BCUT2D eigenvalue weighted by Gasteiger charge is -2.26. The van der Waals surface area contributed by atoms with Crippen LogP contribution in [0, 0.1) is 0 Å². The average molecular weight is 259 g/mol. The Morgan fingerprint density at radius 1 is 1.26 bits per heavy atom. The van der Waals surface area contributed by atoms with Crippen LogP contribution >= 0.6 is 0 Å². The van der Waals surface area contributed by atoms with Crippen LogP contribution in [-0.4, -0.2) is 36.4 Å². The first-order valence-electron chi connectivity index (χ1n) is 6.42. The third kappa shape index (κ3) is 2.77. The number of hydrogen-bond acceptors (Lipinski definition) is 5. The van der Waals surface area contributed by atoms with Crippen molar-refractivity contribution in [2.24, 2.45) is 0 Å². The van der Waals surface area contributed by atoms with Crippen molar-refractivity contribution in [1.82, 2.24) is 10.1 Å². The molecule has 1 aromatic heterocycles. The quantitative estimate of drug-likeness (QED) is 0.909. The molecule has 100 valence electrons. The van der Waals surface area contributed by atoms with Gasteiger partial charge >= 0.3 is 0 Å². The summed E-state index contributed by atoms with van der Waals surface area (Å²) in [5, 5.41) is 3.72. The van der Waals surface area contributed by atoms with Crippen molar-refractivity contribution >= 4 is 5.88 Å². The maximum atomic E-state index is 5.75. The molecule has 0 aliphatic carbocycles. The van der Waals surface area contributed by atoms with E-state index in [-0.39, 0.29) is 0 Å². The summed E-state index contributed by atoms with van der Waals surface area (Å²) in [5.41, 5.74) is 8.91. The predicted octanol–water partition coefficient (Wildman–Crippen LogP) is 1.76. The van der Waals surface area contributed by atoms with Gasteiger partial charge in [0.05, 0.1) is 25.0 Å². The van der Waals surface area contributed by atoms with Crippen LogP contribution in [-0.2, 0) is 11.3 Å². The van der Waals surface area contributed by atoms with Crippen molar-refractivity contribution in [3.8, 4) is 11.1 Å². The number of ether oxygens (including phenoxy) is 1. The summed E-state index contributed by atoms with van der Waals surface area (Å²) in [7, 11) is 0. The topological polar surface area (TPSA) is 64.5 Å². The van der Waals surface area contributed by atoms with Gasteiger partial charge in [-0.1, -0.05) is 23.4 Å². The number of hydrogen-bond donors (Lipinski definition) is 1. The predicted molar refractivity (Wildman–Crippen MR) is 72.4 cm³/mol. The van der Waals surface area contributed by atoms with Gasteiger partial charge in [0.25, 0.3) is 0 Å². The molecule has 0 amide bonds. The Kier molecular flexibility index (Phi) is 3.48. The highest BCUT2D eigenvalue weighted by molar-refractivity contribution is 5.72. The number of aromatic nitrogens is 1. The van der Waals surface area contributed by atoms with E-state index in [1.54, 1.807) is 6.20 Å². The van der Waals surface area contributed by atoms with E-state index in [0.29, 0.717) is 5.88 Å². The average Bonchev–Trinajstić information content (AvgIpc) is 2.86. The zero-order chi connectivity index (χ0) is 13.1. The van der Waals surface area contributed by atoms with E-state index < -0.39 is 0 Å². The molecule has 19 heavy (non-hydrogen) atoms. The number of morpholine rings is 1. The molecule has 0 saturated carbocycles. The summed E-state index contributed by atoms with van der Waals surface area (Å²) < 4.78 is 10.3. The molecule has 0 unspecified atom stereocenters. The molecule has 5 nitrogen and oxygen atoms in total. The first-order chi connectivity index (χ1) is 9.33. The second-order valence-corrected chi connectivity index (χ2v) is 4.69. The molecule has 1 aromatic carbocycles. The zero-order valence-corrected chi connectivity index (χ0v) is 10.7. The smallest absolute Gasteiger partial charge is 0.229 e. The van der Waals surface area contributed by atoms with Gasteiger partial charge in [-0.25, -0.2) is 0 Å². The van der Waals surface area contributed by atoms with Gasteiger partial charge in [-0.3, -0.25) is 4.90 Å². The van der Waals surface area contributed by atoms with Gasteiger partial charge in [0.2, 0.25) is 5.88 Å². The minimum Gasteiger partial charge on any atom is -0.379 e. The number of nitrogen functional groups attached to an aromatic ring is 1. The summed E-state index contributed by atoms with van der Waals surface area (Å²) in [6.07, 6.45) is 1.66. The Hall–Kier alpha value is -1.85. The number of nitrogens with zero attached hydrogens (tertiary/aromatic N) is 2. The molecule has 1 aliphatic rings. The molecule has 2 heterocycles. The highest BCUT2D eigenvalue weighted by Gasteiger charge is 2.12. The minimum atomic E-state index is 0.364. The van der Waals surface area contributed by atoms with Crippen LogP contribution in [0.25, 0.3) is 11.1 Å². The largest absolute Gasteiger partial charge is 0.379 e. The molecule has 1 aliphatic heterocycles. The number of anilines is 1. The van der Waals surface area contributed by atoms with E-state index in [1.165, 1.54) is 5.56 Å². The van der Waals surface area contributed by atoms with E-state index in [2.05, 4.69) is 22.2 Å². The molecule has 5 heteroatoms. The number of rotatable bonds is 3. The van der Waals surface area contributed by atoms with Crippen LogP contribution in [0.15, 0.2) is 35.0 Å². The maximum absolute atomic E-state index is 5.75. The Balaban J connectivity index is 1.78. The lowest BCUT2D eigenvalue weighted by atomic mass is 10.1. The Bertz CT molecular complexity index is 547. The summed E-state index contributed by atoms with van der Waals surface area (Å²) in [5.74, 6) is 0.364. The fourth-order valence-corrected chi connectivity index (χ4v) is 2.32. The summed E-state index contributed by atoms with van der Waals surface area (Å²) >= 11 is 0. The van der Waals surface area contributed by atoms with E-state index in [0.717, 1.165) is 44.0 Å². The van der Waals surface area contributed by atoms with Gasteiger partial charge in [-0.05, 0) is 17.2 Å². The van der Waals surface area contributed by atoms with E-state index in [4.69, 9.17) is 15.0 Å². The highest BCUT2D eigenvalue weighted by Crippen LogP contribution is 2.26. The van der Waals surface area contributed by atoms with Crippen LogP contribution in [0.4, 0.5) is 5.88 Å². The third-order valence-electron chi connectivity index (χ3n) is 3.35. The van der Waals surface area contributed by atoms with Gasteiger partial charge in [0.1, 0.15) is 0 Å². The molecule has 0 spiro atoms. The second kappa shape index (κ2) is 5.42. The molecular weight excluding hydrogens is 242 g/mol. The summed E-state index contributed by atoms with van der Waals surface area (Å²) in [6.45, 7) is 4.54. The Morgan fingerprint density at radius 3 is 2.84 bits per heavy atom. The Labute approximate surface area is 111 Å². The van der Waals surface area contributed by atoms with Crippen molar-refractivity contribution in [3.05, 3.63) is 36.0 Å². The van der Waals surface area contributed by atoms with Gasteiger partial charge in [-0.2, -0.15) is 0 Å². The van der Waals surface area contributed by atoms with Gasteiger partial charge < -0.3 is 15.0 Å². The summed E-state index contributed by atoms with van der Waals surface area (Å²) in [4.78, 5) is 2.39. The molecule has 0 atom stereocenters. The molecular formula is C14H17N3O2. The number of benzene rings is 1. The second-order valence-electron chi connectivity index (χ2n) is 4.69. The molecule has 1 saturated heterocycles. The summed E-state index contributed by atoms with van der Waals surface area (Å²) in [6, 6.07) is 8.32. The van der Waals surface area contributed by atoms with E-state index in [1.807, 2.05) is 12.1 Å². The zero-order valence-electron chi connectivity index (χ0n) is 10.7. The lowest BCUT2D eigenvalue weighted by Crippen LogP contribution is -2.35. The molecule has 2 aromatic rings. The van der Waals surface area contributed by atoms with E-state index in [9.17, 15) is 0 Å². The first-order valence-corrected chi connectivity index (χ1v) is 6.42. The molecule has 0 radical (unpaired) electrons. The molecule has 3 rings (SSSR count). The van der Waals surface area contributed by atoms with Crippen LogP contribution in [0.5, 0.6) is 0 Å². The fraction of sp³-hybridized carbons (Fsp3) is 0.357. The third-order valence-corrected chi connectivity index (χ3v) is 3.35. The lowest BCUT2D eigenvalue weighted by molar-refractivity contribution is 0.0342. The molecule has 2 N–H and O–H groups in total. The van der Waals surface area contributed by atoms with Crippen LogP contribution in [0.1, 0.15) is 5.56 Å². The van der Waals surface area contributed by atoms with Crippen LogP contribution < -0.4 is 5.73 Å². The van der Waals surface area contributed by atoms with Crippen molar-refractivity contribution in [3.63, 3.8) is 0 Å². The standard InChI is InChI=1S/C14H17N3O2/c15-14-13(9-16-19-14)12-3-1-2-11(8-12)10-17-4-6-18-7-5-17/h1-3,8-9H,4-7,10,15H2. The molecule has 1 fully saturated rings. The van der Waals surface area contributed by atoms with Gasteiger partial charge in [0.15, 0.2) is 0 Å². The molecule has 0 bridgehead atoms. The van der Waals surface area contributed by atoms with Crippen LogP contribution in [0.2, 0.25) is 0 Å². The highest BCUT2D eigenvalue weighted by atomic mass is 16.5. The van der Waals surface area contributed by atoms with Crippen molar-refractivity contribution < 1.29 is 9.26 Å². The normalized spacial score (nSPS) is 16.6.